The van der Waals surface area contributed by atoms with Crippen molar-refractivity contribution in [3.63, 3.8) is 0 Å². The first-order valence-corrected chi connectivity index (χ1v) is 7.61. The van der Waals surface area contributed by atoms with Crippen LogP contribution in [0.15, 0.2) is 72.2 Å². The van der Waals surface area contributed by atoms with E-state index < -0.39 is 11.9 Å². The summed E-state index contributed by atoms with van der Waals surface area (Å²) in [5.41, 5.74) is 1.63. The van der Waals surface area contributed by atoms with Crippen molar-refractivity contribution in [3.05, 3.63) is 83.3 Å². The highest BCUT2D eigenvalue weighted by Gasteiger charge is 2.37. The lowest BCUT2D eigenvalue weighted by Gasteiger charge is -2.11. The molecule has 3 rings (SSSR count). The molecule has 0 amide bonds. The molecule has 1 heterocycles. The first-order valence-electron chi connectivity index (χ1n) is 7.61. The van der Waals surface area contributed by atoms with Crippen molar-refractivity contribution in [1.82, 2.24) is 0 Å². The summed E-state index contributed by atoms with van der Waals surface area (Å²) in [6.45, 7) is 0. The molecule has 0 bridgehead atoms. The zero-order chi connectivity index (χ0) is 17.8. The van der Waals surface area contributed by atoms with Crippen LogP contribution in [-0.2, 0) is 23.8 Å². The fourth-order valence-electron chi connectivity index (χ4n) is 2.66. The topological polar surface area (TPSA) is 61.8 Å². The molecule has 126 valence electrons. The van der Waals surface area contributed by atoms with Crippen LogP contribution in [0.25, 0.3) is 11.1 Å². The van der Waals surface area contributed by atoms with Gasteiger partial charge in [-0.2, -0.15) is 0 Å². The number of benzene rings is 2. The number of rotatable bonds is 4. The predicted molar refractivity (Wildman–Crippen MR) is 91.8 cm³/mol. The van der Waals surface area contributed by atoms with E-state index in [1.54, 1.807) is 36.4 Å². The van der Waals surface area contributed by atoms with E-state index in [-0.39, 0.29) is 22.7 Å². The Morgan fingerprint density at radius 3 is 2.08 bits per heavy atom. The highest BCUT2D eigenvalue weighted by molar-refractivity contribution is 6.25. The van der Waals surface area contributed by atoms with Crippen molar-refractivity contribution in [1.29, 1.82) is 0 Å². The van der Waals surface area contributed by atoms with Gasteiger partial charge in [0.05, 0.1) is 14.2 Å². The molecule has 0 spiro atoms. The van der Waals surface area contributed by atoms with Crippen LogP contribution in [0.5, 0.6) is 0 Å². The number of methoxy groups -OCH3 is 2. The van der Waals surface area contributed by atoms with Crippen LogP contribution in [0.3, 0.4) is 0 Å². The molecule has 2 aromatic carbocycles. The average Bonchev–Trinajstić information content (AvgIpc) is 2.99. The number of hydrogen-bond acceptors (Lipinski definition) is 5. The minimum atomic E-state index is -0.613. The molecular weight excluding hydrogens is 320 g/mol. The number of carbonyl (C=O) groups excluding carboxylic acids is 2. The highest BCUT2D eigenvalue weighted by atomic mass is 16.6. The van der Waals surface area contributed by atoms with Crippen LogP contribution in [0.2, 0.25) is 0 Å². The zero-order valence-electron chi connectivity index (χ0n) is 13.8. The van der Waals surface area contributed by atoms with Gasteiger partial charge in [-0.3, -0.25) is 0 Å². The zero-order valence-corrected chi connectivity index (χ0v) is 13.8. The van der Waals surface area contributed by atoms with Gasteiger partial charge in [0.25, 0.3) is 0 Å². The molecule has 0 unspecified atom stereocenters. The van der Waals surface area contributed by atoms with Gasteiger partial charge in [-0.05, 0) is 11.1 Å². The summed E-state index contributed by atoms with van der Waals surface area (Å²) in [6, 6.07) is 17.9. The molecule has 2 aromatic rings. The van der Waals surface area contributed by atoms with Gasteiger partial charge in [-0.15, -0.1) is 0 Å². The lowest BCUT2D eigenvalue weighted by atomic mass is 10.0. The minimum absolute atomic E-state index is 0.0596. The van der Waals surface area contributed by atoms with Crippen molar-refractivity contribution >= 4 is 23.1 Å². The van der Waals surface area contributed by atoms with Crippen LogP contribution in [0.1, 0.15) is 11.1 Å². The smallest absolute Gasteiger partial charge is 0.348 e. The van der Waals surface area contributed by atoms with E-state index in [4.69, 9.17) is 14.2 Å². The van der Waals surface area contributed by atoms with Gasteiger partial charge >= 0.3 is 11.9 Å². The number of hydrogen-bond donors (Lipinski definition) is 0. The van der Waals surface area contributed by atoms with Crippen molar-refractivity contribution in [2.45, 2.75) is 0 Å². The van der Waals surface area contributed by atoms with Crippen LogP contribution < -0.4 is 0 Å². The Bertz CT molecular complexity index is 863. The maximum Gasteiger partial charge on any atom is 0.348 e. The van der Waals surface area contributed by atoms with Crippen LogP contribution in [-0.4, -0.2) is 26.2 Å². The summed E-state index contributed by atoms with van der Waals surface area (Å²) in [5, 5.41) is 0. The van der Waals surface area contributed by atoms with Gasteiger partial charge < -0.3 is 14.2 Å². The fraction of sp³-hybridized carbons (Fsp3) is 0.100. The average molecular weight is 336 g/mol. The quantitative estimate of drug-likeness (QED) is 0.634. The Labute approximate surface area is 145 Å². The summed E-state index contributed by atoms with van der Waals surface area (Å²) >= 11 is 0. The summed E-state index contributed by atoms with van der Waals surface area (Å²) in [6.07, 6.45) is 0. The Morgan fingerprint density at radius 1 is 0.920 bits per heavy atom. The lowest BCUT2D eigenvalue weighted by molar-refractivity contribution is -0.134. The predicted octanol–water partition coefficient (Wildman–Crippen LogP) is 3.19. The highest BCUT2D eigenvalue weighted by Crippen LogP contribution is 2.38. The van der Waals surface area contributed by atoms with Crippen LogP contribution >= 0.6 is 0 Å². The molecule has 1 aliphatic heterocycles. The van der Waals surface area contributed by atoms with E-state index >= 15 is 0 Å². The molecule has 5 nitrogen and oxygen atoms in total. The van der Waals surface area contributed by atoms with Crippen molar-refractivity contribution in [3.8, 4) is 0 Å². The van der Waals surface area contributed by atoms with E-state index in [1.807, 2.05) is 24.3 Å². The van der Waals surface area contributed by atoms with Gasteiger partial charge in [0.1, 0.15) is 11.1 Å². The van der Waals surface area contributed by atoms with Gasteiger partial charge in [0.2, 0.25) is 0 Å². The summed E-state index contributed by atoms with van der Waals surface area (Å²) in [5.74, 6) is -0.918. The monoisotopic (exact) mass is 336 g/mol. The van der Waals surface area contributed by atoms with E-state index in [1.165, 1.54) is 14.2 Å². The van der Waals surface area contributed by atoms with E-state index in [0.29, 0.717) is 11.1 Å². The molecule has 0 aliphatic carbocycles. The van der Waals surface area contributed by atoms with Gasteiger partial charge in [-0.1, -0.05) is 60.7 Å². The van der Waals surface area contributed by atoms with Gasteiger partial charge in [0, 0.05) is 0 Å². The summed E-state index contributed by atoms with van der Waals surface area (Å²) < 4.78 is 15.7. The second-order valence-corrected chi connectivity index (χ2v) is 5.23. The lowest BCUT2D eigenvalue weighted by Crippen LogP contribution is -2.09. The molecular formula is C20H16O5. The van der Waals surface area contributed by atoms with E-state index in [2.05, 4.69) is 0 Å². The minimum Gasteiger partial charge on any atom is -0.492 e. The van der Waals surface area contributed by atoms with Crippen molar-refractivity contribution in [2.75, 3.05) is 14.2 Å². The first kappa shape index (κ1) is 16.5. The third-order valence-electron chi connectivity index (χ3n) is 3.78. The Morgan fingerprint density at radius 2 is 1.52 bits per heavy atom. The maximum absolute atomic E-state index is 12.5. The second-order valence-electron chi connectivity index (χ2n) is 5.23. The van der Waals surface area contributed by atoms with E-state index in [9.17, 15) is 9.59 Å². The van der Waals surface area contributed by atoms with Gasteiger partial charge in [0.15, 0.2) is 11.5 Å². The number of esters is 2. The molecule has 0 N–H and O–H groups in total. The third-order valence-corrected chi connectivity index (χ3v) is 3.78. The molecule has 1 aliphatic rings. The molecule has 0 aromatic heterocycles. The Balaban J connectivity index is 2.26. The van der Waals surface area contributed by atoms with Gasteiger partial charge in [-0.25, -0.2) is 9.59 Å². The molecule has 0 saturated carbocycles. The number of cyclic esters (lactones) is 1. The van der Waals surface area contributed by atoms with Crippen molar-refractivity contribution in [2.24, 2.45) is 0 Å². The molecule has 0 saturated heterocycles. The Kier molecular flexibility index (Phi) is 4.66. The van der Waals surface area contributed by atoms with Crippen LogP contribution in [0, 0.1) is 0 Å². The summed E-state index contributed by atoms with van der Waals surface area (Å²) in [4.78, 5) is 24.8. The maximum atomic E-state index is 12.5. The molecule has 0 fully saturated rings. The van der Waals surface area contributed by atoms with Crippen molar-refractivity contribution < 1.29 is 23.8 Å². The fourth-order valence-corrected chi connectivity index (χ4v) is 2.66. The molecule has 25 heavy (non-hydrogen) atoms. The van der Waals surface area contributed by atoms with E-state index in [0.717, 1.165) is 0 Å². The standard InChI is InChI=1S/C20H16O5/c1-23-17-15(13-9-5-3-6-10-13)20(22)25-18(17)16(19(21)24-2)14-11-7-4-8-12-14/h3-12H,1-2H3. The second kappa shape index (κ2) is 7.05. The third kappa shape index (κ3) is 3.04. The number of carbonyl (C=O) groups is 2. The largest absolute Gasteiger partial charge is 0.492 e. The molecule has 0 radical (unpaired) electrons. The Hall–Kier alpha value is -3.34. The molecule has 0 atom stereocenters. The number of ether oxygens (including phenoxy) is 3. The first-order chi connectivity index (χ1) is 12.2. The van der Waals surface area contributed by atoms with Crippen LogP contribution in [0.4, 0.5) is 0 Å². The normalized spacial score (nSPS) is 15.7. The SMILES string of the molecule is COC(=O)C(=C1OC(=O)C(c2ccccc2)=C1OC)c1ccccc1. The molecule has 5 heteroatoms. The summed E-state index contributed by atoms with van der Waals surface area (Å²) in [7, 11) is 2.71.